The standard InChI is InChI=1S/C13H26N2OS/c1-10(2)17-9-8-14-11(3)13(16)15-12-6-4-5-7-12/h10-12,14H,4-9H2,1-3H3,(H,15,16)/t11-/m0/s1. The van der Waals surface area contributed by atoms with Crippen LogP contribution in [0.5, 0.6) is 0 Å². The van der Waals surface area contributed by atoms with E-state index in [0.29, 0.717) is 11.3 Å². The highest BCUT2D eigenvalue weighted by Crippen LogP contribution is 2.17. The summed E-state index contributed by atoms with van der Waals surface area (Å²) >= 11 is 1.92. The number of carbonyl (C=O) groups is 1. The van der Waals surface area contributed by atoms with Crippen LogP contribution >= 0.6 is 11.8 Å². The van der Waals surface area contributed by atoms with Gasteiger partial charge < -0.3 is 10.6 Å². The average molecular weight is 258 g/mol. The van der Waals surface area contributed by atoms with E-state index in [0.717, 1.165) is 25.1 Å². The molecule has 0 bridgehead atoms. The summed E-state index contributed by atoms with van der Waals surface area (Å²) in [5.41, 5.74) is 0. The minimum atomic E-state index is -0.0663. The van der Waals surface area contributed by atoms with Crippen molar-refractivity contribution in [2.45, 2.75) is 63.8 Å². The summed E-state index contributed by atoms with van der Waals surface area (Å²) in [7, 11) is 0. The van der Waals surface area contributed by atoms with Gasteiger partial charge in [0.2, 0.25) is 5.91 Å². The average Bonchev–Trinajstić information content (AvgIpc) is 2.76. The molecule has 1 fully saturated rings. The predicted octanol–water partition coefficient (Wildman–Crippen LogP) is 2.16. The molecule has 1 aliphatic rings. The van der Waals surface area contributed by atoms with Gasteiger partial charge in [-0.3, -0.25) is 4.79 Å². The fourth-order valence-electron chi connectivity index (χ4n) is 2.06. The Morgan fingerprint density at radius 1 is 1.29 bits per heavy atom. The molecule has 0 spiro atoms. The third-order valence-electron chi connectivity index (χ3n) is 3.10. The summed E-state index contributed by atoms with van der Waals surface area (Å²) in [6.07, 6.45) is 4.83. The zero-order valence-corrected chi connectivity index (χ0v) is 12.1. The number of hydrogen-bond donors (Lipinski definition) is 2. The van der Waals surface area contributed by atoms with Crippen LogP contribution in [0, 0.1) is 0 Å². The van der Waals surface area contributed by atoms with E-state index in [9.17, 15) is 4.79 Å². The molecule has 0 aromatic heterocycles. The van der Waals surface area contributed by atoms with Crippen molar-refractivity contribution in [3.63, 3.8) is 0 Å². The fraction of sp³-hybridized carbons (Fsp3) is 0.923. The molecule has 0 heterocycles. The van der Waals surface area contributed by atoms with Gasteiger partial charge in [-0.05, 0) is 25.0 Å². The Kier molecular flexibility index (Phi) is 6.97. The van der Waals surface area contributed by atoms with Crippen molar-refractivity contribution < 1.29 is 4.79 Å². The van der Waals surface area contributed by atoms with Crippen molar-refractivity contribution in [1.82, 2.24) is 10.6 Å². The first kappa shape index (κ1) is 14.8. The monoisotopic (exact) mass is 258 g/mol. The molecule has 1 saturated carbocycles. The van der Waals surface area contributed by atoms with Gasteiger partial charge >= 0.3 is 0 Å². The van der Waals surface area contributed by atoms with Crippen LogP contribution in [0.4, 0.5) is 0 Å². The lowest BCUT2D eigenvalue weighted by Crippen LogP contribution is -2.46. The molecule has 0 aliphatic heterocycles. The van der Waals surface area contributed by atoms with Crippen LogP contribution in [0.2, 0.25) is 0 Å². The lowest BCUT2D eigenvalue weighted by molar-refractivity contribution is -0.123. The number of rotatable bonds is 7. The van der Waals surface area contributed by atoms with E-state index in [2.05, 4.69) is 24.5 Å². The number of nitrogens with one attached hydrogen (secondary N) is 2. The maximum absolute atomic E-state index is 11.8. The molecule has 0 saturated heterocycles. The molecular formula is C13H26N2OS. The van der Waals surface area contributed by atoms with E-state index in [-0.39, 0.29) is 11.9 Å². The van der Waals surface area contributed by atoms with E-state index >= 15 is 0 Å². The molecule has 1 aliphatic carbocycles. The first-order chi connectivity index (χ1) is 8.09. The van der Waals surface area contributed by atoms with Crippen LogP contribution in [0.15, 0.2) is 0 Å². The van der Waals surface area contributed by atoms with Crippen molar-refractivity contribution >= 4 is 17.7 Å². The van der Waals surface area contributed by atoms with E-state index in [4.69, 9.17) is 0 Å². The Bertz CT molecular complexity index is 227. The molecule has 4 heteroatoms. The summed E-state index contributed by atoms with van der Waals surface area (Å²) in [6, 6.07) is 0.361. The maximum atomic E-state index is 11.8. The molecule has 3 nitrogen and oxygen atoms in total. The van der Waals surface area contributed by atoms with Crippen LogP contribution in [0.3, 0.4) is 0 Å². The Morgan fingerprint density at radius 2 is 1.94 bits per heavy atom. The van der Waals surface area contributed by atoms with Gasteiger partial charge in [0, 0.05) is 18.3 Å². The highest BCUT2D eigenvalue weighted by Gasteiger charge is 2.19. The van der Waals surface area contributed by atoms with Crippen LogP contribution in [-0.2, 0) is 4.79 Å². The molecule has 0 radical (unpaired) electrons. The van der Waals surface area contributed by atoms with Gasteiger partial charge in [0.15, 0.2) is 0 Å². The van der Waals surface area contributed by atoms with Crippen LogP contribution < -0.4 is 10.6 Å². The molecule has 100 valence electrons. The largest absolute Gasteiger partial charge is 0.352 e. The Balaban J connectivity index is 2.09. The van der Waals surface area contributed by atoms with Crippen molar-refractivity contribution in [1.29, 1.82) is 0 Å². The van der Waals surface area contributed by atoms with Crippen molar-refractivity contribution in [3.8, 4) is 0 Å². The van der Waals surface area contributed by atoms with Crippen molar-refractivity contribution in [2.24, 2.45) is 0 Å². The Labute approximate surface area is 109 Å². The van der Waals surface area contributed by atoms with Gasteiger partial charge in [-0.1, -0.05) is 26.7 Å². The zero-order valence-electron chi connectivity index (χ0n) is 11.3. The maximum Gasteiger partial charge on any atom is 0.237 e. The van der Waals surface area contributed by atoms with E-state index < -0.39 is 0 Å². The van der Waals surface area contributed by atoms with Crippen LogP contribution in [0.25, 0.3) is 0 Å². The van der Waals surface area contributed by atoms with Crippen molar-refractivity contribution in [3.05, 3.63) is 0 Å². The number of carbonyl (C=O) groups excluding carboxylic acids is 1. The normalized spacial score (nSPS) is 18.6. The highest BCUT2D eigenvalue weighted by atomic mass is 32.2. The van der Waals surface area contributed by atoms with E-state index in [1.807, 2.05) is 18.7 Å². The summed E-state index contributed by atoms with van der Waals surface area (Å²) in [5.74, 6) is 1.23. The van der Waals surface area contributed by atoms with E-state index in [1.165, 1.54) is 12.8 Å². The van der Waals surface area contributed by atoms with Crippen LogP contribution in [-0.4, -0.2) is 35.5 Å². The highest BCUT2D eigenvalue weighted by molar-refractivity contribution is 7.99. The summed E-state index contributed by atoms with van der Waals surface area (Å²) in [6.45, 7) is 7.24. The first-order valence-corrected chi connectivity index (χ1v) is 7.80. The summed E-state index contributed by atoms with van der Waals surface area (Å²) in [5, 5.41) is 7.07. The molecule has 0 aromatic rings. The third kappa shape index (κ3) is 6.32. The molecular weight excluding hydrogens is 232 g/mol. The van der Waals surface area contributed by atoms with Crippen molar-refractivity contribution in [2.75, 3.05) is 12.3 Å². The topological polar surface area (TPSA) is 41.1 Å². The van der Waals surface area contributed by atoms with Gasteiger partial charge in [0.1, 0.15) is 0 Å². The molecule has 0 aromatic carbocycles. The number of hydrogen-bond acceptors (Lipinski definition) is 3. The number of thioether (sulfide) groups is 1. The lowest BCUT2D eigenvalue weighted by atomic mass is 10.2. The molecule has 2 N–H and O–H groups in total. The molecule has 1 amide bonds. The predicted molar refractivity (Wildman–Crippen MR) is 75.5 cm³/mol. The van der Waals surface area contributed by atoms with Gasteiger partial charge in [-0.2, -0.15) is 11.8 Å². The van der Waals surface area contributed by atoms with Gasteiger partial charge in [0.25, 0.3) is 0 Å². The molecule has 17 heavy (non-hydrogen) atoms. The Hall–Kier alpha value is -0.220. The fourth-order valence-corrected chi connectivity index (χ4v) is 2.77. The summed E-state index contributed by atoms with van der Waals surface area (Å²) in [4.78, 5) is 11.8. The SMILES string of the molecule is CC(C)SCCN[C@@H](C)C(=O)NC1CCCC1. The zero-order chi connectivity index (χ0) is 12.7. The molecule has 0 unspecified atom stereocenters. The minimum Gasteiger partial charge on any atom is -0.352 e. The second-order valence-electron chi connectivity index (χ2n) is 5.09. The van der Waals surface area contributed by atoms with Gasteiger partial charge in [0.05, 0.1) is 6.04 Å². The molecule has 1 atom stereocenters. The second-order valence-corrected chi connectivity index (χ2v) is 6.77. The number of amides is 1. The summed E-state index contributed by atoms with van der Waals surface area (Å²) < 4.78 is 0. The smallest absolute Gasteiger partial charge is 0.237 e. The Morgan fingerprint density at radius 3 is 2.53 bits per heavy atom. The third-order valence-corrected chi connectivity index (χ3v) is 4.21. The first-order valence-electron chi connectivity index (χ1n) is 6.75. The molecule has 1 rings (SSSR count). The van der Waals surface area contributed by atoms with Gasteiger partial charge in [-0.15, -0.1) is 0 Å². The lowest BCUT2D eigenvalue weighted by Gasteiger charge is -2.17. The quantitative estimate of drug-likeness (QED) is 0.688. The van der Waals surface area contributed by atoms with Crippen LogP contribution in [0.1, 0.15) is 46.5 Å². The van der Waals surface area contributed by atoms with Gasteiger partial charge in [-0.25, -0.2) is 0 Å². The van der Waals surface area contributed by atoms with E-state index in [1.54, 1.807) is 0 Å². The second kappa shape index (κ2) is 7.98. The minimum absolute atomic E-state index is 0.0663.